The van der Waals surface area contributed by atoms with Crippen molar-refractivity contribution in [2.24, 2.45) is 5.73 Å². The van der Waals surface area contributed by atoms with Gasteiger partial charge in [0.2, 0.25) is 0 Å². The molecule has 0 atom stereocenters. The minimum Gasteiger partial charge on any atom is -0.325 e. The minimum atomic E-state index is 0. The van der Waals surface area contributed by atoms with E-state index in [1.807, 2.05) is 5.38 Å². The second-order valence-electron chi connectivity index (χ2n) is 3.60. The Morgan fingerprint density at radius 1 is 1.50 bits per heavy atom. The number of nitrogens with two attached hydrogens (primary N) is 1. The fourth-order valence-corrected chi connectivity index (χ4v) is 1.67. The third-order valence-electron chi connectivity index (χ3n) is 1.40. The molecule has 0 amide bonds. The highest BCUT2D eigenvalue weighted by Gasteiger charge is 2.17. The van der Waals surface area contributed by atoms with E-state index in [0.29, 0.717) is 6.54 Å². The van der Waals surface area contributed by atoms with E-state index < -0.39 is 0 Å². The molecular weight excluding hydrogens is 192 g/mol. The molecule has 0 aliphatic heterocycles. The lowest BCUT2D eigenvalue weighted by atomic mass is 9.98. The Kier molecular flexibility index (Phi) is 4.17. The Bertz CT molecular complexity index is 239. The summed E-state index contributed by atoms with van der Waals surface area (Å²) in [6, 6.07) is 0. The largest absolute Gasteiger partial charge is 0.325 e. The van der Waals surface area contributed by atoms with Crippen molar-refractivity contribution in [2.75, 3.05) is 0 Å². The quantitative estimate of drug-likeness (QED) is 0.766. The lowest BCUT2D eigenvalue weighted by Gasteiger charge is -2.13. The third-order valence-corrected chi connectivity index (χ3v) is 2.72. The van der Waals surface area contributed by atoms with Gasteiger partial charge < -0.3 is 5.73 Å². The number of thiazole rings is 1. The van der Waals surface area contributed by atoms with Crippen molar-refractivity contribution in [3.8, 4) is 0 Å². The smallest absolute Gasteiger partial charge is 0.0982 e. The average Bonchev–Trinajstić information content (AvgIpc) is 2.32. The molecule has 1 rings (SSSR count). The zero-order valence-corrected chi connectivity index (χ0v) is 9.26. The first-order valence-electron chi connectivity index (χ1n) is 3.69. The van der Waals surface area contributed by atoms with Crippen LogP contribution in [0.2, 0.25) is 0 Å². The summed E-state index contributed by atoms with van der Waals surface area (Å²) in [7, 11) is 0. The van der Waals surface area contributed by atoms with Crippen LogP contribution < -0.4 is 5.73 Å². The van der Waals surface area contributed by atoms with E-state index in [2.05, 4.69) is 25.8 Å². The van der Waals surface area contributed by atoms with Crippen LogP contribution >= 0.6 is 23.7 Å². The van der Waals surface area contributed by atoms with Gasteiger partial charge in [-0.3, -0.25) is 0 Å². The molecule has 1 aromatic rings. The van der Waals surface area contributed by atoms with E-state index in [-0.39, 0.29) is 17.8 Å². The first kappa shape index (κ1) is 11.9. The number of hydrogen-bond donors (Lipinski definition) is 1. The molecule has 0 unspecified atom stereocenters. The zero-order chi connectivity index (χ0) is 8.48. The van der Waals surface area contributed by atoms with Crippen molar-refractivity contribution < 1.29 is 0 Å². The summed E-state index contributed by atoms with van der Waals surface area (Å²) in [6.07, 6.45) is 0. The van der Waals surface area contributed by atoms with E-state index in [4.69, 9.17) is 5.73 Å². The molecule has 0 radical (unpaired) electrons. The fourth-order valence-electron chi connectivity index (χ4n) is 0.745. The van der Waals surface area contributed by atoms with Crippen molar-refractivity contribution in [1.29, 1.82) is 0 Å². The summed E-state index contributed by atoms with van der Waals surface area (Å²) in [5.41, 5.74) is 6.62. The molecule has 12 heavy (non-hydrogen) atoms. The molecule has 1 heterocycles. The topological polar surface area (TPSA) is 38.9 Å². The molecule has 0 fully saturated rings. The minimum absolute atomic E-state index is 0. The van der Waals surface area contributed by atoms with Gasteiger partial charge in [0.25, 0.3) is 0 Å². The summed E-state index contributed by atoms with van der Waals surface area (Å²) in [4.78, 5) is 4.39. The number of hydrogen-bond acceptors (Lipinski definition) is 3. The Labute approximate surface area is 83.6 Å². The Hall–Kier alpha value is -0.120. The van der Waals surface area contributed by atoms with Gasteiger partial charge in [-0.15, -0.1) is 23.7 Å². The monoisotopic (exact) mass is 206 g/mol. The molecule has 1 aromatic heterocycles. The van der Waals surface area contributed by atoms with Crippen molar-refractivity contribution in [1.82, 2.24) is 4.98 Å². The molecule has 4 heteroatoms. The third kappa shape index (κ3) is 2.73. The van der Waals surface area contributed by atoms with Gasteiger partial charge in [-0.05, 0) is 0 Å². The van der Waals surface area contributed by atoms with Gasteiger partial charge in [-0.1, -0.05) is 20.8 Å². The highest BCUT2D eigenvalue weighted by molar-refractivity contribution is 7.09. The van der Waals surface area contributed by atoms with Crippen LogP contribution in [0.5, 0.6) is 0 Å². The van der Waals surface area contributed by atoms with Gasteiger partial charge >= 0.3 is 0 Å². The lowest BCUT2D eigenvalue weighted by molar-refractivity contribution is 0.583. The molecule has 0 saturated heterocycles. The summed E-state index contributed by atoms with van der Waals surface area (Å²) in [5.74, 6) is 0. The number of nitrogens with zero attached hydrogens (tertiary/aromatic N) is 1. The van der Waals surface area contributed by atoms with Crippen molar-refractivity contribution in [2.45, 2.75) is 32.7 Å². The summed E-state index contributed by atoms with van der Waals surface area (Å²) in [5, 5.41) is 3.19. The first-order chi connectivity index (χ1) is 5.04. The van der Waals surface area contributed by atoms with Gasteiger partial charge in [-0.2, -0.15) is 0 Å². The van der Waals surface area contributed by atoms with Crippen molar-refractivity contribution in [3.63, 3.8) is 0 Å². The predicted octanol–water partition coefficient (Wildman–Crippen LogP) is 2.32. The van der Waals surface area contributed by atoms with Crippen molar-refractivity contribution in [3.05, 3.63) is 16.1 Å². The van der Waals surface area contributed by atoms with Crippen LogP contribution in [0.4, 0.5) is 0 Å². The van der Waals surface area contributed by atoms with Crippen LogP contribution in [0.25, 0.3) is 0 Å². The molecule has 0 aromatic carbocycles. The fraction of sp³-hybridized carbons (Fsp3) is 0.625. The molecule has 0 spiro atoms. The Balaban J connectivity index is 0.00000121. The Morgan fingerprint density at radius 3 is 2.33 bits per heavy atom. The maximum absolute atomic E-state index is 5.45. The molecule has 0 bridgehead atoms. The van der Waals surface area contributed by atoms with E-state index in [1.165, 1.54) is 0 Å². The molecule has 70 valence electrons. The predicted molar refractivity (Wildman–Crippen MR) is 56.0 cm³/mol. The molecule has 0 saturated carbocycles. The van der Waals surface area contributed by atoms with E-state index in [9.17, 15) is 0 Å². The van der Waals surface area contributed by atoms with Crippen molar-refractivity contribution >= 4 is 23.7 Å². The molecule has 2 N–H and O–H groups in total. The highest BCUT2D eigenvalue weighted by Crippen LogP contribution is 2.25. The van der Waals surface area contributed by atoms with Crippen LogP contribution in [-0.4, -0.2) is 4.98 Å². The normalized spacial score (nSPS) is 11.0. The van der Waals surface area contributed by atoms with Gasteiger partial charge in [0.05, 0.1) is 10.7 Å². The maximum Gasteiger partial charge on any atom is 0.0982 e. The van der Waals surface area contributed by atoms with Gasteiger partial charge in [-0.25, -0.2) is 4.98 Å². The SMILES string of the molecule is CC(C)(C)c1nc(CN)cs1.Cl. The summed E-state index contributed by atoms with van der Waals surface area (Å²) < 4.78 is 0. The number of halogens is 1. The highest BCUT2D eigenvalue weighted by atomic mass is 35.5. The van der Waals surface area contributed by atoms with Crippen LogP contribution in [0.1, 0.15) is 31.5 Å². The van der Waals surface area contributed by atoms with Crippen LogP contribution in [0.3, 0.4) is 0 Å². The van der Waals surface area contributed by atoms with Gasteiger partial charge in [0.1, 0.15) is 0 Å². The average molecular weight is 207 g/mol. The second-order valence-corrected chi connectivity index (χ2v) is 4.46. The van der Waals surface area contributed by atoms with Gasteiger partial charge in [0.15, 0.2) is 0 Å². The van der Waals surface area contributed by atoms with E-state index in [0.717, 1.165) is 10.7 Å². The van der Waals surface area contributed by atoms with E-state index >= 15 is 0 Å². The second kappa shape index (κ2) is 4.21. The van der Waals surface area contributed by atoms with Crippen LogP contribution in [-0.2, 0) is 12.0 Å². The van der Waals surface area contributed by atoms with E-state index in [1.54, 1.807) is 11.3 Å². The number of aromatic nitrogens is 1. The summed E-state index contributed by atoms with van der Waals surface area (Å²) in [6.45, 7) is 7.02. The van der Waals surface area contributed by atoms with Gasteiger partial charge in [0, 0.05) is 17.3 Å². The molecular formula is C8H15ClN2S. The van der Waals surface area contributed by atoms with Crippen LogP contribution in [0, 0.1) is 0 Å². The number of rotatable bonds is 1. The van der Waals surface area contributed by atoms with Crippen LogP contribution in [0.15, 0.2) is 5.38 Å². The summed E-state index contributed by atoms with van der Waals surface area (Å²) >= 11 is 1.69. The maximum atomic E-state index is 5.45. The standard InChI is InChI=1S/C8H14N2S.ClH/c1-8(2,3)7-10-6(4-9)5-11-7;/h5H,4,9H2,1-3H3;1H. The molecule has 0 aliphatic carbocycles. The molecule has 0 aliphatic rings. The Morgan fingerprint density at radius 2 is 2.08 bits per heavy atom. The lowest BCUT2D eigenvalue weighted by Crippen LogP contribution is -2.10. The first-order valence-corrected chi connectivity index (χ1v) is 4.57. The zero-order valence-electron chi connectivity index (χ0n) is 7.63. The molecule has 2 nitrogen and oxygen atoms in total.